The summed E-state index contributed by atoms with van der Waals surface area (Å²) in [5.74, 6) is 2.22. The molecule has 2 fully saturated rings. The molecule has 0 bridgehead atoms. The van der Waals surface area contributed by atoms with Gasteiger partial charge in [-0.25, -0.2) is 14.4 Å². The Morgan fingerprint density at radius 3 is 1.82 bits per heavy atom. The van der Waals surface area contributed by atoms with E-state index in [4.69, 9.17) is 10.5 Å². The van der Waals surface area contributed by atoms with E-state index in [0.717, 1.165) is 56.7 Å². The molecule has 0 radical (unpaired) electrons. The molecular formula is C25H30FN7O. The SMILES string of the molecule is COc1ccc(N2CCN(c3ncnc(N4CCN(c5ccccc5F)CC4)c3N)CC2)cc1. The predicted octanol–water partition coefficient (Wildman–Crippen LogP) is 2.86. The molecule has 8 nitrogen and oxygen atoms in total. The number of ether oxygens (including phenoxy) is 1. The first kappa shape index (κ1) is 22.1. The summed E-state index contributed by atoms with van der Waals surface area (Å²) in [6.45, 7) is 6.28. The molecule has 0 amide bonds. The van der Waals surface area contributed by atoms with E-state index in [2.05, 4.69) is 41.7 Å². The molecule has 2 aromatic carbocycles. The first-order valence-electron chi connectivity index (χ1n) is 11.6. The molecule has 2 aliphatic heterocycles. The fourth-order valence-electron chi connectivity index (χ4n) is 4.72. The van der Waals surface area contributed by atoms with Crippen molar-refractivity contribution < 1.29 is 9.13 Å². The molecule has 3 aromatic rings. The van der Waals surface area contributed by atoms with Crippen molar-refractivity contribution in [1.82, 2.24) is 9.97 Å². The number of nitrogens with zero attached hydrogens (tertiary/aromatic N) is 6. The summed E-state index contributed by atoms with van der Waals surface area (Å²) in [6, 6.07) is 15.1. The molecule has 34 heavy (non-hydrogen) atoms. The number of hydrogen-bond acceptors (Lipinski definition) is 8. The number of hydrogen-bond donors (Lipinski definition) is 1. The second kappa shape index (κ2) is 9.62. The third-order valence-electron chi connectivity index (χ3n) is 6.63. The first-order valence-corrected chi connectivity index (χ1v) is 11.6. The van der Waals surface area contributed by atoms with Crippen LogP contribution in [0, 0.1) is 5.82 Å². The number of nitrogens with two attached hydrogens (primary N) is 1. The number of halogens is 1. The van der Waals surface area contributed by atoms with Crippen LogP contribution in [0.3, 0.4) is 0 Å². The van der Waals surface area contributed by atoms with Crippen molar-refractivity contribution in [3.05, 3.63) is 60.7 Å². The van der Waals surface area contributed by atoms with Crippen molar-refractivity contribution in [3.63, 3.8) is 0 Å². The lowest BCUT2D eigenvalue weighted by atomic mass is 10.2. The predicted molar refractivity (Wildman–Crippen MR) is 135 cm³/mol. The monoisotopic (exact) mass is 463 g/mol. The molecule has 2 N–H and O–H groups in total. The summed E-state index contributed by atoms with van der Waals surface area (Å²) in [6.07, 6.45) is 1.60. The van der Waals surface area contributed by atoms with E-state index in [1.807, 2.05) is 24.3 Å². The molecular weight excluding hydrogens is 433 g/mol. The highest BCUT2D eigenvalue weighted by Gasteiger charge is 2.26. The molecule has 0 atom stereocenters. The zero-order valence-electron chi connectivity index (χ0n) is 19.4. The molecule has 2 saturated heterocycles. The molecule has 2 aliphatic rings. The molecule has 9 heteroatoms. The van der Waals surface area contributed by atoms with Gasteiger partial charge in [0.2, 0.25) is 0 Å². The van der Waals surface area contributed by atoms with Gasteiger partial charge in [-0.2, -0.15) is 0 Å². The minimum Gasteiger partial charge on any atom is -0.497 e. The van der Waals surface area contributed by atoms with Crippen molar-refractivity contribution >= 4 is 28.7 Å². The van der Waals surface area contributed by atoms with Crippen LogP contribution in [0.15, 0.2) is 54.9 Å². The van der Waals surface area contributed by atoms with Gasteiger partial charge in [0.25, 0.3) is 0 Å². The molecule has 0 aliphatic carbocycles. The van der Waals surface area contributed by atoms with Gasteiger partial charge in [-0.3, -0.25) is 0 Å². The summed E-state index contributed by atoms with van der Waals surface area (Å²) in [5.41, 5.74) is 9.03. The molecule has 0 saturated carbocycles. The van der Waals surface area contributed by atoms with Gasteiger partial charge in [0.05, 0.1) is 12.8 Å². The van der Waals surface area contributed by atoms with Gasteiger partial charge in [-0.1, -0.05) is 12.1 Å². The number of rotatable bonds is 5. The number of benzene rings is 2. The average molecular weight is 464 g/mol. The minimum atomic E-state index is -0.187. The lowest BCUT2D eigenvalue weighted by molar-refractivity contribution is 0.415. The number of aromatic nitrogens is 2. The van der Waals surface area contributed by atoms with E-state index in [1.54, 1.807) is 19.5 Å². The van der Waals surface area contributed by atoms with Crippen LogP contribution in [0.4, 0.5) is 33.1 Å². The van der Waals surface area contributed by atoms with E-state index in [9.17, 15) is 4.39 Å². The number of para-hydroxylation sites is 1. The Hall–Kier alpha value is -3.75. The van der Waals surface area contributed by atoms with Crippen LogP contribution < -0.4 is 30.1 Å². The van der Waals surface area contributed by atoms with Gasteiger partial charge in [-0.05, 0) is 36.4 Å². The topological polar surface area (TPSA) is 74.0 Å². The van der Waals surface area contributed by atoms with Crippen molar-refractivity contribution in [2.75, 3.05) is 84.8 Å². The molecule has 0 spiro atoms. The lowest BCUT2D eigenvalue weighted by Crippen LogP contribution is -2.48. The Kier molecular flexibility index (Phi) is 6.24. The zero-order chi connectivity index (χ0) is 23.5. The van der Waals surface area contributed by atoms with Gasteiger partial charge in [0, 0.05) is 58.0 Å². The summed E-state index contributed by atoms with van der Waals surface area (Å²) in [7, 11) is 1.68. The van der Waals surface area contributed by atoms with E-state index < -0.39 is 0 Å². The van der Waals surface area contributed by atoms with Crippen LogP contribution >= 0.6 is 0 Å². The van der Waals surface area contributed by atoms with E-state index in [-0.39, 0.29) is 5.82 Å². The fraction of sp³-hybridized carbons (Fsp3) is 0.360. The number of piperazine rings is 2. The van der Waals surface area contributed by atoms with E-state index in [1.165, 1.54) is 11.8 Å². The Bertz CT molecular complexity index is 1110. The van der Waals surface area contributed by atoms with Crippen molar-refractivity contribution in [2.24, 2.45) is 0 Å². The average Bonchev–Trinajstić information content (AvgIpc) is 2.90. The van der Waals surface area contributed by atoms with Crippen molar-refractivity contribution in [3.8, 4) is 5.75 Å². The van der Waals surface area contributed by atoms with Gasteiger partial charge >= 0.3 is 0 Å². The molecule has 3 heterocycles. The second-order valence-corrected chi connectivity index (χ2v) is 8.53. The number of nitrogen functional groups attached to an aromatic ring is 1. The second-order valence-electron chi connectivity index (χ2n) is 8.53. The van der Waals surface area contributed by atoms with Crippen LogP contribution in [-0.4, -0.2) is 69.4 Å². The highest BCUT2D eigenvalue weighted by Crippen LogP contribution is 2.31. The lowest BCUT2D eigenvalue weighted by Gasteiger charge is -2.39. The van der Waals surface area contributed by atoms with Crippen LogP contribution in [0.1, 0.15) is 0 Å². The normalized spacial score (nSPS) is 16.6. The largest absolute Gasteiger partial charge is 0.497 e. The van der Waals surface area contributed by atoms with Gasteiger partial charge < -0.3 is 30.1 Å². The van der Waals surface area contributed by atoms with Crippen LogP contribution in [0.25, 0.3) is 0 Å². The highest BCUT2D eigenvalue weighted by atomic mass is 19.1. The van der Waals surface area contributed by atoms with E-state index in [0.29, 0.717) is 24.5 Å². The summed E-state index contributed by atoms with van der Waals surface area (Å²) in [5, 5.41) is 0. The van der Waals surface area contributed by atoms with Crippen molar-refractivity contribution in [2.45, 2.75) is 0 Å². The van der Waals surface area contributed by atoms with Gasteiger partial charge in [-0.15, -0.1) is 0 Å². The zero-order valence-corrected chi connectivity index (χ0v) is 19.4. The van der Waals surface area contributed by atoms with E-state index >= 15 is 0 Å². The highest BCUT2D eigenvalue weighted by molar-refractivity contribution is 5.76. The molecule has 1 aromatic heterocycles. The number of methoxy groups -OCH3 is 1. The van der Waals surface area contributed by atoms with Crippen molar-refractivity contribution in [1.29, 1.82) is 0 Å². The Morgan fingerprint density at radius 1 is 0.735 bits per heavy atom. The summed E-state index contributed by atoms with van der Waals surface area (Å²) >= 11 is 0. The minimum absolute atomic E-state index is 0.187. The third-order valence-corrected chi connectivity index (χ3v) is 6.63. The fourth-order valence-corrected chi connectivity index (χ4v) is 4.72. The molecule has 178 valence electrons. The van der Waals surface area contributed by atoms with Gasteiger partial charge in [0.15, 0.2) is 11.6 Å². The smallest absolute Gasteiger partial charge is 0.157 e. The maximum absolute atomic E-state index is 14.2. The maximum Gasteiger partial charge on any atom is 0.157 e. The summed E-state index contributed by atoms with van der Waals surface area (Å²) < 4.78 is 19.4. The Morgan fingerprint density at radius 2 is 1.26 bits per heavy atom. The van der Waals surface area contributed by atoms with Crippen LogP contribution in [0.5, 0.6) is 5.75 Å². The standard InChI is InChI=1S/C25H30FN7O/c1-34-20-8-6-19(7-9-20)30-10-14-32(15-11-30)24-23(27)25(29-18-28-24)33-16-12-31(13-17-33)22-5-3-2-4-21(22)26/h2-9,18H,10-17,27H2,1H3. The number of anilines is 5. The van der Waals surface area contributed by atoms with Crippen LogP contribution in [0.2, 0.25) is 0 Å². The van der Waals surface area contributed by atoms with Gasteiger partial charge in [0.1, 0.15) is 23.6 Å². The summed E-state index contributed by atoms with van der Waals surface area (Å²) in [4.78, 5) is 17.9. The van der Waals surface area contributed by atoms with Crippen LogP contribution in [-0.2, 0) is 0 Å². The Labute approximate surface area is 199 Å². The first-order chi connectivity index (χ1) is 16.6. The Balaban J connectivity index is 1.23. The molecule has 0 unspecified atom stereocenters. The quantitative estimate of drug-likeness (QED) is 0.619. The third kappa shape index (κ3) is 4.37. The maximum atomic E-state index is 14.2. The molecule has 5 rings (SSSR count).